The molecule has 1 heterocycles. The van der Waals surface area contributed by atoms with Crippen molar-refractivity contribution in [3.8, 4) is 5.75 Å². The van der Waals surface area contributed by atoms with E-state index in [1.165, 1.54) is 32.1 Å². The van der Waals surface area contributed by atoms with Gasteiger partial charge < -0.3 is 14.6 Å². The molecule has 1 spiro atoms. The van der Waals surface area contributed by atoms with E-state index in [0.717, 1.165) is 17.7 Å². The van der Waals surface area contributed by atoms with E-state index in [-0.39, 0.29) is 11.7 Å². The summed E-state index contributed by atoms with van der Waals surface area (Å²) in [4.78, 5) is 0. The molecule has 3 heteroatoms. The second kappa shape index (κ2) is 5.74. The van der Waals surface area contributed by atoms with Gasteiger partial charge in [0.25, 0.3) is 0 Å². The van der Waals surface area contributed by atoms with Crippen LogP contribution in [0.1, 0.15) is 57.1 Å². The van der Waals surface area contributed by atoms with Gasteiger partial charge >= 0.3 is 0 Å². The van der Waals surface area contributed by atoms with Gasteiger partial charge in [0.1, 0.15) is 12.4 Å². The zero-order valence-electron chi connectivity index (χ0n) is 12.2. The third-order valence-corrected chi connectivity index (χ3v) is 4.63. The molecule has 0 radical (unpaired) electrons. The van der Waals surface area contributed by atoms with Gasteiger partial charge in [-0.15, -0.1) is 0 Å². The van der Waals surface area contributed by atoms with Crippen molar-refractivity contribution in [1.29, 1.82) is 0 Å². The zero-order valence-corrected chi connectivity index (χ0v) is 12.2. The topological polar surface area (TPSA) is 38.7 Å². The predicted octanol–water partition coefficient (Wildman–Crippen LogP) is 3.61. The molecule has 1 aliphatic carbocycles. The molecule has 1 N–H and O–H groups in total. The summed E-state index contributed by atoms with van der Waals surface area (Å²) in [7, 11) is 0. The van der Waals surface area contributed by atoms with Crippen LogP contribution in [-0.2, 0) is 4.74 Å². The molecule has 2 fully saturated rings. The van der Waals surface area contributed by atoms with Crippen molar-refractivity contribution in [1.82, 2.24) is 0 Å². The summed E-state index contributed by atoms with van der Waals surface area (Å²) in [6, 6.07) is 7.68. The van der Waals surface area contributed by atoms with Crippen molar-refractivity contribution in [2.45, 2.75) is 63.3 Å². The first-order valence-corrected chi connectivity index (χ1v) is 7.76. The maximum absolute atomic E-state index is 9.59. The number of hydrogen-bond donors (Lipinski definition) is 1. The second-order valence-corrected chi connectivity index (χ2v) is 6.23. The maximum atomic E-state index is 9.59. The van der Waals surface area contributed by atoms with Crippen molar-refractivity contribution < 1.29 is 14.6 Å². The van der Waals surface area contributed by atoms with Crippen molar-refractivity contribution in [2.24, 2.45) is 0 Å². The highest BCUT2D eigenvalue weighted by Gasteiger charge is 2.42. The molecular formula is C17H24O3. The fourth-order valence-electron chi connectivity index (χ4n) is 3.45. The summed E-state index contributed by atoms with van der Waals surface area (Å²) in [6.07, 6.45) is 7.13. The molecule has 2 atom stereocenters. The van der Waals surface area contributed by atoms with Crippen LogP contribution in [-0.4, -0.2) is 23.4 Å². The fraction of sp³-hybridized carbons (Fsp3) is 0.647. The van der Waals surface area contributed by atoms with Crippen LogP contribution in [0.25, 0.3) is 0 Å². The number of hydrogen-bond acceptors (Lipinski definition) is 3. The minimum absolute atomic E-state index is 0.176. The lowest BCUT2D eigenvalue weighted by Crippen LogP contribution is -2.27. The number of aliphatic hydroxyl groups excluding tert-OH is 1. The van der Waals surface area contributed by atoms with Crippen LogP contribution >= 0.6 is 0 Å². The molecule has 1 saturated carbocycles. The van der Waals surface area contributed by atoms with Gasteiger partial charge in [0, 0.05) is 0 Å². The molecule has 1 saturated heterocycles. The standard InChI is InChI=1S/C17H24O3/c1-13(18)14-5-4-6-15(11-14)19-12-16-7-10-17(20-16)8-2-3-9-17/h4-6,11,13,16,18H,2-3,7-10,12H2,1H3. The SMILES string of the molecule is CC(O)c1cccc(OCC2CCC3(CCCC3)O2)c1. The van der Waals surface area contributed by atoms with E-state index in [4.69, 9.17) is 9.47 Å². The molecule has 1 aromatic rings. The maximum Gasteiger partial charge on any atom is 0.119 e. The van der Waals surface area contributed by atoms with Gasteiger partial charge in [-0.1, -0.05) is 25.0 Å². The molecule has 2 aliphatic rings. The average Bonchev–Trinajstić information content (AvgIpc) is 3.08. The Morgan fingerprint density at radius 2 is 2.15 bits per heavy atom. The second-order valence-electron chi connectivity index (χ2n) is 6.23. The lowest BCUT2D eigenvalue weighted by Gasteiger charge is -2.23. The van der Waals surface area contributed by atoms with Crippen molar-refractivity contribution in [3.63, 3.8) is 0 Å². The highest BCUT2D eigenvalue weighted by molar-refractivity contribution is 5.29. The molecular weight excluding hydrogens is 252 g/mol. The van der Waals surface area contributed by atoms with E-state index in [1.54, 1.807) is 6.92 Å². The van der Waals surface area contributed by atoms with Crippen molar-refractivity contribution >= 4 is 0 Å². The number of aliphatic hydroxyl groups is 1. The van der Waals surface area contributed by atoms with Gasteiger partial charge in [-0.05, 0) is 50.3 Å². The molecule has 1 aliphatic heterocycles. The van der Waals surface area contributed by atoms with Gasteiger partial charge in [0.05, 0.1) is 17.8 Å². The van der Waals surface area contributed by atoms with Gasteiger partial charge in [-0.2, -0.15) is 0 Å². The lowest BCUT2D eigenvalue weighted by molar-refractivity contribution is -0.0509. The first-order valence-electron chi connectivity index (χ1n) is 7.76. The van der Waals surface area contributed by atoms with Crippen molar-refractivity contribution in [2.75, 3.05) is 6.61 Å². The van der Waals surface area contributed by atoms with E-state index in [2.05, 4.69) is 0 Å². The summed E-state index contributed by atoms with van der Waals surface area (Å²) < 4.78 is 12.1. The molecule has 0 bridgehead atoms. The van der Waals surface area contributed by atoms with Crippen LogP contribution in [0.15, 0.2) is 24.3 Å². The van der Waals surface area contributed by atoms with Crippen molar-refractivity contribution in [3.05, 3.63) is 29.8 Å². The normalized spacial score (nSPS) is 26.0. The number of rotatable bonds is 4. The minimum atomic E-state index is -0.456. The summed E-state index contributed by atoms with van der Waals surface area (Å²) in [6.45, 7) is 2.38. The van der Waals surface area contributed by atoms with Gasteiger partial charge in [-0.25, -0.2) is 0 Å². The molecule has 0 amide bonds. The first-order chi connectivity index (χ1) is 9.67. The monoisotopic (exact) mass is 276 g/mol. The van der Waals surface area contributed by atoms with E-state index in [9.17, 15) is 5.11 Å². The Morgan fingerprint density at radius 1 is 1.35 bits per heavy atom. The Bertz CT molecular complexity index is 449. The van der Waals surface area contributed by atoms with Gasteiger partial charge in [0.2, 0.25) is 0 Å². The third kappa shape index (κ3) is 2.99. The summed E-state index contributed by atoms with van der Waals surface area (Å²) >= 11 is 0. The molecule has 110 valence electrons. The Hall–Kier alpha value is -1.06. The Morgan fingerprint density at radius 3 is 2.90 bits per heavy atom. The molecule has 20 heavy (non-hydrogen) atoms. The summed E-state index contributed by atoms with van der Waals surface area (Å²) in [5.41, 5.74) is 1.07. The Labute approximate surface area is 120 Å². The highest BCUT2D eigenvalue weighted by atomic mass is 16.6. The summed E-state index contributed by atoms with van der Waals surface area (Å²) in [5.74, 6) is 0.819. The number of ether oxygens (including phenoxy) is 2. The largest absolute Gasteiger partial charge is 0.491 e. The Balaban J connectivity index is 1.54. The van der Waals surface area contributed by atoms with Crippen LogP contribution in [0.5, 0.6) is 5.75 Å². The predicted molar refractivity (Wildman–Crippen MR) is 77.9 cm³/mol. The zero-order chi connectivity index (χ0) is 14.0. The average molecular weight is 276 g/mol. The van der Waals surface area contributed by atoms with Gasteiger partial charge in [0.15, 0.2) is 0 Å². The number of benzene rings is 1. The summed E-state index contributed by atoms with van der Waals surface area (Å²) in [5, 5.41) is 9.59. The van der Waals surface area contributed by atoms with Crippen LogP contribution in [0, 0.1) is 0 Å². The smallest absolute Gasteiger partial charge is 0.119 e. The molecule has 3 nitrogen and oxygen atoms in total. The fourth-order valence-corrected chi connectivity index (χ4v) is 3.45. The van der Waals surface area contributed by atoms with Crippen LogP contribution in [0.2, 0.25) is 0 Å². The minimum Gasteiger partial charge on any atom is -0.491 e. The van der Waals surface area contributed by atoms with Crippen LogP contribution in [0.3, 0.4) is 0 Å². The molecule has 2 unspecified atom stereocenters. The Kier molecular flexibility index (Phi) is 3.99. The van der Waals surface area contributed by atoms with Gasteiger partial charge in [-0.3, -0.25) is 0 Å². The third-order valence-electron chi connectivity index (χ3n) is 4.63. The first kappa shape index (κ1) is 13.9. The molecule has 0 aromatic heterocycles. The van der Waals surface area contributed by atoms with E-state index in [0.29, 0.717) is 6.61 Å². The molecule has 3 rings (SSSR count). The van der Waals surface area contributed by atoms with Crippen LogP contribution < -0.4 is 4.74 Å². The van der Waals surface area contributed by atoms with E-state index < -0.39 is 6.10 Å². The van der Waals surface area contributed by atoms with Crippen LogP contribution in [0.4, 0.5) is 0 Å². The van der Waals surface area contributed by atoms with E-state index >= 15 is 0 Å². The highest BCUT2D eigenvalue weighted by Crippen LogP contribution is 2.43. The quantitative estimate of drug-likeness (QED) is 0.913. The van der Waals surface area contributed by atoms with E-state index in [1.807, 2.05) is 24.3 Å². The lowest BCUT2D eigenvalue weighted by atomic mass is 9.98. The molecule has 1 aromatic carbocycles.